The fourth-order valence-corrected chi connectivity index (χ4v) is 4.88. The number of carbonyl (C=O) groups excluding carboxylic acids is 1. The van der Waals surface area contributed by atoms with Crippen molar-refractivity contribution < 1.29 is 4.79 Å². The first-order valence-corrected chi connectivity index (χ1v) is 10.2. The van der Waals surface area contributed by atoms with E-state index < -0.39 is 0 Å². The van der Waals surface area contributed by atoms with Crippen LogP contribution in [0.5, 0.6) is 0 Å². The van der Waals surface area contributed by atoms with Gasteiger partial charge in [-0.1, -0.05) is 11.6 Å². The van der Waals surface area contributed by atoms with Crippen LogP contribution in [0, 0.1) is 5.92 Å². The van der Waals surface area contributed by atoms with E-state index in [1.54, 1.807) is 0 Å². The molecule has 0 aromatic carbocycles. The Morgan fingerprint density at radius 2 is 2.12 bits per heavy atom. The topological polar surface area (TPSA) is 26.8 Å². The van der Waals surface area contributed by atoms with Gasteiger partial charge in [-0.3, -0.25) is 9.69 Å². The monoisotopic (exact) mass is 361 g/mol. The van der Waals surface area contributed by atoms with Crippen LogP contribution in [-0.4, -0.2) is 60.4 Å². The van der Waals surface area contributed by atoms with Crippen LogP contribution >= 0.6 is 11.3 Å². The van der Waals surface area contributed by atoms with Crippen molar-refractivity contribution >= 4 is 17.2 Å². The second kappa shape index (κ2) is 8.02. The third kappa shape index (κ3) is 4.72. The summed E-state index contributed by atoms with van der Waals surface area (Å²) in [4.78, 5) is 21.1. The third-order valence-corrected chi connectivity index (χ3v) is 6.12. The van der Waals surface area contributed by atoms with E-state index in [2.05, 4.69) is 60.2 Å². The van der Waals surface area contributed by atoms with E-state index in [9.17, 15) is 4.79 Å². The molecule has 3 aliphatic rings. The first-order chi connectivity index (χ1) is 11.9. The van der Waals surface area contributed by atoms with Crippen LogP contribution in [0.3, 0.4) is 0 Å². The van der Waals surface area contributed by atoms with Gasteiger partial charge in [-0.05, 0) is 57.8 Å². The van der Waals surface area contributed by atoms with Gasteiger partial charge in [0.05, 0.1) is 5.92 Å². The molecule has 3 saturated heterocycles. The molecule has 0 spiro atoms. The SMILES string of the molecule is CC(C)=CCN1C(=O)[C@H]2CC[C@@H]1CN(Cc1cc(CN(C)C)cs1)C2. The second-order valence-electron chi connectivity index (χ2n) is 8.05. The molecule has 0 saturated carbocycles. The van der Waals surface area contributed by atoms with Gasteiger partial charge in [0.2, 0.25) is 5.91 Å². The Morgan fingerprint density at radius 3 is 2.84 bits per heavy atom. The number of allylic oxidation sites excluding steroid dienone is 1. The van der Waals surface area contributed by atoms with Gasteiger partial charge in [0.15, 0.2) is 0 Å². The summed E-state index contributed by atoms with van der Waals surface area (Å²) in [6, 6.07) is 2.71. The van der Waals surface area contributed by atoms with Gasteiger partial charge >= 0.3 is 0 Å². The van der Waals surface area contributed by atoms with Crippen LogP contribution < -0.4 is 0 Å². The van der Waals surface area contributed by atoms with E-state index in [1.807, 2.05) is 11.3 Å². The van der Waals surface area contributed by atoms with Crippen molar-refractivity contribution in [1.82, 2.24) is 14.7 Å². The molecule has 25 heavy (non-hydrogen) atoms. The maximum atomic E-state index is 12.8. The molecular weight excluding hydrogens is 330 g/mol. The molecule has 138 valence electrons. The lowest BCUT2D eigenvalue weighted by atomic mass is 9.94. The molecule has 3 aliphatic heterocycles. The Hall–Kier alpha value is -1.17. The number of hydrogen-bond donors (Lipinski definition) is 0. The van der Waals surface area contributed by atoms with Gasteiger partial charge < -0.3 is 9.80 Å². The molecule has 4 rings (SSSR count). The highest BCUT2D eigenvalue weighted by Gasteiger charge is 2.40. The lowest BCUT2D eigenvalue weighted by molar-refractivity contribution is -0.139. The average Bonchev–Trinajstić information content (AvgIpc) is 2.78. The summed E-state index contributed by atoms with van der Waals surface area (Å²) in [5.41, 5.74) is 2.68. The van der Waals surface area contributed by atoms with Crippen LogP contribution in [0.25, 0.3) is 0 Å². The predicted octanol–water partition coefficient (Wildman–Crippen LogP) is 3.20. The zero-order valence-electron chi connectivity index (χ0n) is 16.0. The first-order valence-electron chi connectivity index (χ1n) is 9.29. The normalized spacial score (nSPS) is 24.0. The van der Waals surface area contributed by atoms with Crippen molar-refractivity contribution in [3.8, 4) is 0 Å². The summed E-state index contributed by atoms with van der Waals surface area (Å²) in [6.45, 7) is 8.90. The van der Waals surface area contributed by atoms with Crippen molar-refractivity contribution in [2.24, 2.45) is 5.92 Å². The van der Waals surface area contributed by atoms with Gasteiger partial charge in [0.1, 0.15) is 0 Å². The molecule has 0 N–H and O–H groups in total. The van der Waals surface area contributed by atoms with E-state index in [0.717, 1.165) is 45.6 Å². The number of thiophene rings is 1. The largest absolute Gasteiger partial charge is 0.334 e. The van der Waals surface area contributed by atoms with Crippen molar-refractivity contribution in [1.29, 1.82) is 0 Å². The van der Waals surface area contributed by atoms with Gasteiger partial charge in [0.25, 0.3) is 0 Å². The van der Waals surface area contributed by atoms with Crippen LogP contribution in [0.15, 0.2) is 23.1 Å². The first kappa shape index (κ1) is 18.6. The number of amides is 1. The van der Waals surface area contributed by atoms with E-state index >= 15 is 0 Å². The Labute approximate surface area is 156 Å². The fraction of sp³-hybridized carbons (Fsp3) is 0.650. The minimum atomic E-state index is 0.186. The lowest BCUT2D eigenvalue weighted by Crippen LogP contribution is -2.47. The highest BCUT2D eigenvalue weighted by molar-refractivity contribution is 7.10. The summed E-state index contributed by atoms with van der Waals surface area (Å²) in [7, 11) is 4.22. The Morgan fingerprint density at radius 1 is 1.32 bits per heavy atom. The standard InChI is InChI=1S/C20H31N3OS/c1-15(2)7-8-23-18-6-5-17(20(23)24)11-22(12-18)13-19-9-16(14-25-19)10-21(3)4/h7,9,14,17-18H,5-6,8,10-13H2,1-4H3/t17-,18+/m0/s1. The lowest BCUT2D eigenvalue weighted by Gasteiger charge is -2.35. The molecular formula is C20H31N3OS. The molecule has 2 bridgehead atoms. The second-order valence-corrected chi connectivity index (χ2v) is 9.05. The molecule has 1 aromatic heterocycles. The zero-order valence-corrected chi connectivity index (χ0v) is 16.8. The van der Waals surface area contributed by atoms with Crippen LogP contribution in [0.1, 0.15) is 37.1 Å². The van der Waals surface area contributed by atoms with Crippen molar-refractivity contribution in [2.75, 3.05) is 33.7 Å². The molecule has 3 fully saturated rings. The number of nitrogens with zero attached hydrogens (tertiary/aromatic N) is 3. The number of hydrogen-bond acceptors (Lipinski definition) is 4. The van der Waals surface area contributed by atoms with Gasteiger partial charge in [0, 0.05) is 43.6 Å². The summed E-state index contributed by atoms with van der Waals surface area (Å²) < 4.78 is 0. The Kier molecular flexibility index (Phi) is 5.97. The summed E-state index contributed by atoms with van der Waals surface area (Å²) >= 11 is 1.85. The van der Waals surface area contributed by atoms with E-state index in [0.29, 0.717) is 11.9 Å². The van der Waals surface area contributed by atoms with Crippen LogP contribution in [-0.2, 0) is 17.9 Å². The average molecular weight is 362 g/mol. The van der Waals surface area contributed by atoms with E-state index in [1.165, 1.54) is 16.0 Å². The highest BCUT2D eigenvalue weighted by Crippen LogP contribution is 2.30. The number of carbonyl (C=O) groups is 1. The molecule has 4 nitrogen and oxygen atoms in total. The molecule has 4 heterocycles. The van der Waals surface area contributed by atoms with Crippen LogP contribution in [0.2, 0.25) is 0 Å². The Balaban J connectivity index is 1.66. The molecule has 0 radical (unpaired) electrons. The maximum Gasteiger partial charge on any atom is 0.227 e. The highest BCUT2D eigenvalue weighted by atomic mass is 32.1. The molecule has 0 aliphatic carbocycles. The Bertz CT molecular complexity index is 633. The molecule has 1 aromatic rings. The molecule has 2 atom stereocenters. The summed E-state index contributed by atoms with van der Waals surface area (Å²) in [6.07, 6.45) is 4.40. The molecule has 1 amide bonds. The smallest absolute Gasteiger partial charge is 0.227 e. The summed E-state index contributed by atoms with van der Waals surface area (Å²) in [5, 5.41) is 2.27. The fourth-order valence-electron chi connectivity index (χ4n) is 3.96. The van der Waals surface area contributed by atoms with Crippen molar-refractivity contribution in [3.05, 3.63) is 33.5 Å². The molecule has 0 unspecified atom stereocenters. The quantitative estimate of drug-likeness (QED) is 0.728. The zero-order chi connectivity index (χ0) is 18.0. The summed E-state index contributed by atoms with van der Waals surface area (Å²) in [5.74, 6) is 0.557. The van der Waals surface area contributed by atoms with Crippen molar-refractivity contribution in [3.63, 3.8) is 0 Å². The van der Waals surface area contributed by atoms with Gasteiger partial charge in [-0.15, -0.1) is 11.3 Å². The number of fused-ring (bicyclic) bond motifs is 4. The van der Waals surface area contributed by atoms with Gasteiger partial charge in [-0.2, -0.15) is 0 Å². The number of rotatable bonds is 6. The van der Waals surface area contributed by atoms with Gasteiger partial charge in [-0.25, -0.2) is 0 Å². The van der Waals surface area contributed by atoms with E-state index in [-0.39, 0.29) is 5.92 Å². The minimum absolute atomic E-state index is 0.186. The number of piperidine rings is 1. The predicted molar refractivity (Wildman–Crippen MR) is 105 cm³/mol. The minimum Gasteiger partial charge on any atom is -0.334 e. The van der Waals surface area contributed by atoms with Crippen LogP contribution in [0.4, 0.5) is 0 Å². The van der Waals surface area contributed by atoms with E-state index in [4.69, 9.17) is 0 Å². The maximum absolute atomic E-state index is 12.8. The van der Waals surface area contributed by atoms with Crippen molar-refractivity contribution in [2.45, 2.75) is 45.8 Å². The third-order valence-electron chi connectivity index (χ3n) is 5.15. The molecule has 5 heteroatoms.